The van der Waals surface area contributed by atoms with Crippen LogP contribution in [0.4, 0.5) is 4.39 Å². The van der Waals surface area contributed by atoms with Crippen molar-refractivity contribution in [3.8, 4) is 6.07 Å². The van der Waals surface area contributed by atoms with Crippen LogP contribution in [0.1, 0.15) is 20.3 Å². The van der Waals surface area contributed by atoms with Crippen LogP contribution in [0.25, 0.3) is 0 Å². The number of halogens is 1. The first kappa shape index (κ1) is 18.1. The molecule has 3 atom stereocenters. The highest BCUT2D eigenvalue weighted by molar-refractivity contribution is 5.78. The summed E-state index contributed by atoms with van der Waals surface area (Å²) >= 11 is 0. The van der Waals surface area contributed by atoms with Crippen molar-refractivity contribution in [3.63, 3.8) is 0 Å². The zero-order valence-corrected chi connectivity index (χ0v) is 14.0. The van der Waals surface area contributed by atoms with Crippen molar-refractivity contribution in [3.05, 3.63) is 0 Å². The van der Waals surface area contributed by atoms with Gasteiger partial charge in [-0.05, 0) is 12.3 Å². The van der Waals surface area contributed by atoms with Crippen LogP contribution in [0, 0.1) is 17.2 Å². The number of aliphatic hydroxyl groups is 1. The number of carbonyl (C=O) groups is 1. The molecule has 23 heavy (non-hydrogen) atoms. The van der Waals surface area contributed by atoms with E-state index in [0.717, 1.165) is 0 Å². The van der Waals surface area contributed by atoms with Crippen LogP contribution < -0.4 is 0 Å². The lowest BCUT2D eigenvalue weighted by Crippen LogP contribution is -2.54. The van der Waals surface area contributed by atoms with Crippen LogP contribution in [0.5, 0.6) is 0 Å². The number of likely N-dealkylation sites (tertiary alicyclic amines) is 1. The predicted molar refractivity (Wildman–Crippen MR) is 84.4 cm³/mol. The van der Waals surface area contributed by atoms with Gasteiger partial charge in [0.25, 0.3) is 0 Å². The number of alkyl halides is 1. The molecular weight excluding hydrogens is 299 g/mol. The number of hydrogen-bond acceptors (Lipinski definition) is 5. The highest BCUT2D eigenvalue weighted by Gasteiger charge is 2.34. The van der Waals surface area contributed by atoms with E-state index < -0.39 is 6.17 Å². The lowest BCUT2D eigenvalue weighted by atomic mass is 10.0. The van der Waals surface area contributed by atoms with E-state index in [0.29, 0.717) is 32.6 Å². The molecule has 0 bridgehead atoms. The average Bonchev–Trinajstić information content (AvgIpc) is 2.88. The van der Waals surface area contributed by atoms with Gasteiger partial charge in [-0.15, -0.1) is 0 Å². The Kier molecular flexibility index (Phi) is 6.33. The van der Waals surface area contributed by atoms with E-state index in [1.807, 2.05) is 13.8 Å². The molecular formula is C16H27FN4O2. The van der Waals surface area contributed by atoms with E-state index in [1.165, 1.54) is 0 Å². The Hall–Kier alpha value is -1.23. The molecule has 0 aliphatic carbocycles. The SMILES string of the molecule is CC(C)C(C#N)N1CCN(C(=O)CN2C[C@@H](F)C[C@H]2CO)CC1. The molecule has 2 fully saturated rings. The van der Waals surface area contributed by atoms with Gasteiger partial charge in [-0.25, -0.2) is 4.39 Å². The van der Waals surface area contributed by atoms with Crippen molar-refractivity contribution >= 4 is 5.91 Å². The van der Waals surface area contributed by atoms with Crippen LogP contribution in [0.2, 0.25) is 0 Å². The summed E-state index contributed by atoms with van der Waals surface area (Å²) in [6.07, 6.45) is -0.658. The average molecular weight is 326 g/mol. The maximum atomic E-state index is 13.4. The number of carbonyl (C=O) groups excluding carboxylic acids is 1. The number of aliphatic hydroxyl groups excluding tert-OH is 1. The third kappa shape index (κ3) is 4.40. The molecule has 2 aliphatic rings. The van der Waals surface area contributed by atoms with Crippen LogP contribution in [0.15, 0.2) is 0 Å². The largest absolute Gasteiger partial charge is 0.395 e. The maximum absolute atomic E-state index is 13.4. The van der Waals surface area contributed by atoms with E-state index in [9.17, 15) is 19.6 Å². The van der Waals surface area contributed by atoms with E-state index in [2.05, 4.69) is 11.0 Å². The molecule has 1 unspecified atom stereocenters. The van der Waals surface area contributed by atoms with Gasteiger partial charge in [-0.3, -0.25) is 14.6 Å². The fraction of sp³-hybridized carbons (Fsp3) is 0.875. The van der Waals surface area contributed by atoms with Crippen LogP contribution in [-0.2, 0) is 4.79 Å². The summed E-state index contributed by atoms with van der Waals surface area (Å²) in [6.45, 7) is 6.91. The van der Waals surface area contributed by atoms with Gasteiger partial charge in [0.15, 0.2) is 0 Å². The van der Waals surface area contributed by atoms with Gasteiger partial charge in [0.1, 0.15) is 12.2 Å². The number of nitriles is 1. The molecule has 2 heterocycles. The third-order valence-corrected chi connectivity index (χ3v) is 4.85. The molecule has 0 aromatic carbocycles. The van der Waals surface area contributed by atoms with Crippen LogP contribution in [0.3, 0.4) is 0 Å². The quantitative estimate of drug-likeness (QED) is 0.775. The Morgan fingerprint density at radius 2 is 2.00 bits per heavy atom. The standard InChI is InChI=1S/C16H27FN4O2/c1-12(2)15(8-18)19-3-5-20(6-4-19)16(23)10-21-9-13(17)7-14(21)11-22/h12-15,22H,3-7,9-11H2,1-2H3/t13-,14-,15?/m0/s1. The molecule has 0 spiro atoms. The highest BCUT2D eigenvalue weighted by Crippen LogP contribution is 2.20. The molecule has 1 amide bonds. The number of amides is 1. The molecule has 0 radical (unpaired) electrons. The van der Waals surface area contributed by atoms with Crippen molar-refractivity contribution in [1.29, 1.82) is 5.26 Å². The lowest BCUT2D eigenvalue weighted by molar-refractivity contribution is -0.134. The summed E-state index contributed by atoms with van der Waals surface area (Å²) in [5.41, 5.74) is 0. The second kappa shape index (κ2) is 8.04. The molecule has 6 nitrogen and oxygen atoms in total. The molecule has 2 aliphatic heterocycles. The molecule has 0 saturated carbocycles. The van der Waals surface area contributed by atoms with Gasteiger partial charge < -0.3 is 10.0 Å². The first-order valence-electron chi connectivity index (χ1n) is 8.36. The summed E-state index contributed by atoms with van der Waals surface area (Å²) in [5, 5.41) is 18.5. The summed E-state index contributed by atoms with van der Waals surface area (Å²) in [5.74, 6) is 0.244. The molecule has 0 aromatic heterocycles. The van der Waals surface area contributed by atoms with Crippen molar-refractivity contribution in [2.45, 2.75) is 38.5 Å². The zero-order valence-electron chi connectivity index (χ0n) is 14.0. The molecule has 2 rings (SSSR count). The fourth-order valence-electron chi connectivity index (χ4n) is 3.48. The first-order chi connectivity index (χ1) is 11.0. The van der Waals surface area contributed by atoms with Gasteiger partial charge in [0.05, 0.1) is 19.2 Å². The summed E-state index contributed by atoms with van der Waals surface area (Å²) in [7, 11) is 0. The summed E-state index contributed by atoms with van der Waals surface area (Å²) in [4.78, 5) is 18.0. The van der Waals surface area contributed by atoms with E-state index in [1.54, 1.807) is 9.80 Å². The lowest BCUT2D eigenvalue weighted by Gasteiger charge is -2.38. The normalized spacial score (nSPS) is 28.1. The van der Waals surface area contributed by atoms with Crippen molar-refractivity contribution in [2.75, 3.05) is 45.9 Å². The Morgan fingerprint density at radius 3 is 2.52 bits per heavy atom. The number of nitrogens with zero attached hydrogens (tertiary/aromatic N) is 4. The van der Waals surface area contributed by atoms with Gasteiger partial charge in [0, 0.05) is 38.8 Å². The second-order valence-corrected chi connectivity index (χ2v) is 6.83. The Labute approximate surface area is 137 Å². The van der Waals surface area contributed by atoms with Gasteiger partial charge in [0.2, 0.25) is 5.91 Å². The second-order valence-electron chi connectivity index (χ2n) is 6.83. The van der Waals surface area contributed by atoms with Gasteiger partial charge >= 0.3 is 0 Å². The van der Waals surface area contributed by atoms with E-state index >= 15 is 0 Å². The van der Waals surface area contributed by atoms with E-state index in [-0.39, 0.29) is 43.6 Å². The first-order valence-corrected chi connectivity index (χ1v) is 8.36. The molecule has 2 saturated heterocycles. The zero-order chi connectivity index (χ0) is 17.0. The Bertz CT molecular complexity index is 446. The summed E-state index contributed by atoms with van der Waals surface area (Å²) in [6, 6.07) is 1.97. The number of rotatable bonds is 5. The van der Waals surface area contributed by atoms with Crippen LogP contribution >= 0.6 is 0 Å². The number of hydrogen-bond donors (Lipinski definition) is 1. The van der Waals surface area contributed by atoms with Crippen molar-refractivity contribution in [2.24, 2.45) is 5.92 Å². The number of piperazine rings is 1. The van der Waals surface area contributed by atoms with Crippen molar-refractivity contribution < 1.29 is 14.3 Å². The smallest absolute Gasteiger partial charge is 0.236 e. The Balaban J connectivity index is 1.83. The maximum Gasteiger partial charge on any atom is 0.236 e. The highest BCUT2D eigenvalue weighted by atomic mass is 19.1. The van der Waals surface area contributed by atoms with Crippen molar-refractivity contribution in [1.82, 2.24) is 14.7 Å². The minimum absolute atomic E-state index is 0.0183. The molecule has 1 N–H and O–H groups in total. The Morgan fingerprint density at radius 1 is 1.35 bits per heavy atom. The summed E-state index contributed by atoms with van der Waals surface area (Å²) < 4.78 is 13.4. The fourth-order valence-corrected chi connectivity index (χ4v) is 3.48. The van der Waals surface area contributed by atoms with Crippen LogP contribution in [-0.4, -0.2) is 89.8 Å². The topological polar surface area (TPSA) is 70.8 Å². The molecule has 130 valence electrons. The predicted octanol–water partition coefficient (Wildman–Crippen LogP) is 0.0835. The van der Waals surface area contributed by atoms with E-state index in [4.69, 9.17) is 0 Å². The minimum atomic E-state index is -0.959. The van der Waals surface area contributed by atoms with Gasteiger partial charge in [-0.1, -0.05) is 13.8 Å². The van der Waals surface area contributed by atoms with Gasteiger partial charge in [-0.2, -0.15) is 5.26 Å². The minimum Gasteiger partial charge on any atom is -0.395 e. The molecule has 0 aromatic rings. The molecule has 7 heteroatoms. The third-order valence-electron chi connectivity index (χ3n) is 4.85. The monoisotopic (exact) mass is 326 g/mol.